The molecule has 2 aliphatic carbocycles. The van der Waals surface area contributed by atoms with Crippen LogP contribution in [0.5, 0.6) is 0 Å². The SMILES string of the molecule is CC(NC(=O)C1CC2CCC1C2)c1ccc(S(=O)(=O)Cl)s1. The molecular formula is C14H18ClNO3S2. The van der Waals surface area contributed by atoms with Crippen LogP contribution in [0, 0.1) is 17.8 Å². The predicted octanol–water partition coefficient (Wildman–Crippen LogP) is 3.29. The van der Waals surface area contributed by atoms with Crippen LogP contribution in [0.15, 0.2) is 16.3 Å². The van der Waals surface area contributed by atoms with Crippen molar-refractivity contribution in [2.45, 2.75) is 42.9 Å². The van der Waals surface area contributed by atoms with Gasteiger partial charge in [-0.25, -0.2) is 8.42 Å². The van der Waals surface area contributed by atoms with Gasteiger partial charge in [0.1, 0.15) is 4.21 Å². The fraction of sp³-hybridized carbons (Fsp3) is 0.643. The number of thiophene rings is 1. The van der Waals surface area contributed by atoms with Gasteiger partial charge in [-0.3, -0.25) is 4.79 Å². The summed E-state index contributed by atoms with van der Waals surface area (Å²) in [6, 6.07) is 3.02. The van der Waals surface area contributed by atoms with Gasteiger partial charge in [0.15, 0.2) is 0 Å². The first-order valence-electron chi connectivity index (χ1n) is 7.19. The smallest absolute Gasteiger partial charge is 0.270 e. The highest BCUT2D eigenvalue weighted by atomic mass is 35.7. The first-order valence-corrected chi connectivity index (χ1v) is 10.3. The Kier molecular flexibility index (Phi) is 4.05. The van der Waals surface area contributed by atoms with Gasteiger partial charge in [-0.2, -0.15) is 0 Å². The lowest BCUT2D eigenvalue weighted by Gasteiger charge is -2.23. The minimum absolute atomic E-state index is 0.110. The van der Waals surface area contributed by atoms with Gasteiger partial charge in [0.2, 0.25) is 5.91 Å². The van der Waals surface area contributed by atoms with Crippen LogP contribution in [-0.2, 0) is 13.8 Å². The van der Waals surface area contributed by atoms with E-state index in [9.17, 15) is 13.2 Å². The van der Waals surface area contributed by atoms with E-state index >= 15 is 0 Å². The largest absolute Gasteiger partial charge is 0.349 e. The molecule has 7 heteroatoms. The van der Waals surface area contributed by atoms with E-state index in [1.165, 1.54) is 25.3 Å². The van der Waals surface area contributed by atoms with Gasteiger partial charge in [0.25, 0.3) is 9.05 Å². The van der Waals surface area contributed by atoms with Crippen molar-refractivity contribution in [2.75, 3.05) is 0 Å². The lowest BCUT2D eigenvalue weighted by atomic mass is 9.88. The first kappa shape index (κ1) is 15.3. The number of fused-ring (bicyclic) bond motifs is 2. The number of amides is 1. The highest BCUT2D eigenvalue weighted by molar-refractivity contribution is 8.15. The second kappa shape index (κ2) is 5.56. The third-order valence-electron chi connectivity index (χ3n) is 4.70. The summed E-state index contributed by atoms with van der Waals surface area (Å²) in [5.74, 6) is 1.53. The van der Waals surface area contributed by atoms with Crippen LogP contribution in [0.4, 0.5) is 0 Å². The number of hydrogen-bond acceptors (Lipinski definition) is 4. The van der Waals surface area contributed by atoms with E-state index in [1.54, 1.807) is 6.07 Å². The summed E-state index contributed by atoms with van der Waals surface area (Å²) in [6.45, 7) is 1.88. The molecule has 1 heterocycles. The van der Waals surface area contributed by atoms with Crippen LogP contribution in [0.1, 0.15) is 43.5 Å². The fourth-order valence-electron chi connectivity index (χ4n) is 3.66. The minimum atomic E-state index is -3.69. The van der Waals surface area contributed by atoms with Crippen LogP contribution >= 0.6 is 22.0 Å². The molecule has 2 aliphatic rings. The van der Waals surface area contributed by atoms with Crippen molar-refractivity contribution < 1.29 is 13.2 Å². The van der Waals surface area contributed by atoms with Crippen molar-refractivity contribution in [1.29, 1.82) is 0 Å². The Morgan fingerprint density at radius 2 is 2.14 bits per heavy atom. The predicted molar refractivity (Wildman–Crippen MR) is 82.9 cm³/mol. The Morgan fingerprint density at radius 1 is 1.38 bits per heavy atom. The molecule has 0 aliphatic heterocycles. The monoisotopic (exact) mass is 347 g/mol. The standard InChI is InChI=1S/C14H18ClNO3S2/c1-8(12-4-5-13(20-12)21(15,18)19)16-14(17)11-7-9-2-3-10(11)6-9/h4-5,8-11H,2-3,6-7H2,1H3,(H,16,17). The maximum absolute atomic E-state index is 12.4. The quantitative estimate of drug-likeness (QED) is 0.850. The molecular weight excluding hydrogens is 330 g/mol. The maximum atomic E-state index is 12.4. The second-order valence-corrected chi connectivity index (χ2v) is 10.0. The van der Waals surface area contributed by atoms with Gasteiger partial charge in [-0.1, -0.05) is 6.42 Å². The van der Waals surface area contributed by atoms with Gasteiger partial charge in [-0.15, -0.1) is 11.3 Å². The molecule has 2 saturated carbocycles. The molecule has 4 nitrogen and oxygen atoms in total. The second-order valence-electron chi connectivity index (χ2n) is 6.11. The Morgan fingerprint density at radius 3 is 2.67 bits per heavy atom. The maximum Gasteiger partial charge on any atom is 0.270 e. The van der Waals surface area contributed by atoms with Crippen molar-refractivity contribution in [1.82, 2.24) is 5.32 Å². The van der Waals surface area contributed by atoms with Crippen molar-refractivity contribution in [3.05, 3.63) is 17.0 Å². The summed E-state index contributed by atoms with van der Waals surface area (Å²) in [7, 11) is 1.64. The topological polar surface area (TPSA) is 63.2 Å². The zero-order valence-corrected chi connectivity index (χ0v) is 14.1. The molecule has 1 aromatic heterocycles. The normalized spacial score (nSPS) is 29.5. The van der Waals surface area contributed by atoms with Crippen LogP contribution in [0.3, 0.4) is 0 Å². The zero-order chi connectivity index (χ0) is 15.2. The number of halogens is 1. The van der Waals surface area contributed by atoms with Crippen LogP contribution < -0.4 is 5.32 Å². The van der Waals surface area contributed by atoms with Crippen LogP contribution in [0.2, 0.25) is 0 Å². The summed E-state index contributed by atoms with van der Waals surface area (Å²) < 4.78 is 22.7. The molecule has 2 fully saturated rings. The molecule has 0 spiro atoms. The molecule has 1 N–H and O–H groups in total. The molecule has 4 unspecified atom stereocenters. The molecule has 0 radical (unpaired) electrons. The fourth-order valence-corrected chi connectivity index (χ4v) is 5.75. The number of carbonyl (C=O) groups excluding carboxylic acids is 1. The first-order chi connectivity index (χ1) is 9.84. The van der Waals surface area contributed by atoms with E-state index in [-0.39, 0.29) is 22.1 Å². The Bertz CT molecular complexity index is 655. The van der Waals surface area contributed by atoms with E-state index in [1.807, 2.05) is 6.92 Å². The van der Waals surface area contributed by atoms with Crippen molar-refractivity contribution >= 4 is 37.0 Å². The van der Waals surface area contributed by atoms with E-state index in [2.05, 4.69) is 5.32 Å². The van der Waals surface area contributed by atoms with E-state index in [4.69, 9.17) is 10.7 Å². The summed E-state index contributed by atoms with van der Waals surface area (Å²) in [5, 5.41) is 3.02. The highest BCUT2D eigenvalue weighted by Gasteiger charge is 2.43. The number of nitrogens with one attached hydrogen (secondary N) is 1. The molecule has 0 aromatic carbocycles. The summed E-state index contributed by atoms with van der Waals surface area (Å²) >= 11 is 1.11. The Hall–Kier alpha value is -0.590. The molecule has 116 valence electrons. The number of carbonyl (C=O) groups is 1. The number of rotatable bonds is 4. The molecule has 1 amide bonds. The lowest BCUT2D eigenvalue weighted by Crippen LogP contribution is -2.35. The number of hydrogen-bond donors (Lipinski definition) is 1. The lowest BCUT2D eigenvalue weighted by molar-refractivity contribution is -0.127. The minimum Gasteiger partial charge on any atom is -0.349 e. The highest BCUT2D eigenvalue weighted by Crippen LogP contribution is 2.48. The Labute approximate surface area is 133 Å². The van der Waals surface area contributed by atoms with Crippen molar-refractivity contribution in [3.8, 4) is 0 Å². The van der Waals surface area contributed by atoms with Crippen molar-refractivity contribution in [2.24, 2.45) is 17.8 Å². The van der Waals surface area contributed by atoms with Crippen LogP contribution in [0.25, 0.3) is 0 Å². The zero-order valence-electron chi connectivity index (χ0n) is 11.7. The Balaban J connectivity index is 1.65. The molecule has 2 bridgehead atoms. The van der Waals surface area contributed by atoms with Gasteiger partial charge in [-0.05, 0) is 50.2 Å². The van der Waals surface area contributed by atoms with Gasteiger partial charge in [0, 0.05) is 21.5 Å². The molecule has 0 saturated heterocycles. The molecule has 4 atom stereocenters. The summed E-state index contributed by atoms with van der Waals surface area (Å²) in [5.41, 5.74) is 0. The third kappa shape index (κ3) is 3.12. The van der Waals surface area contributed by atoms with Crippen LogP contribution in [-0.4, -0.2) is 14.3 Å². The summed E-state index contributed by atoms with van der Waals surface area (Å²) in [6.07, 6.45) is 4.64. The molecule has 21 heavy (non-hydrogen) atoms. The van der Waals surface area contributed by atoms with E-state index in [0.29, 0.717) is 5.92 Å². The summed E-state index contributed by atoms with van der Waals surface area (Å²) in [4.78, 5) is 13.2. The molecule has 1 aromatic rings. The average molecular weight is 348 g/mol. The van der Waals surface area contributed by atoms with Gasteiger partial charge < -0.3 is 5.32 Å². The average Bonchev–Trinajstić information content (AvgIpc) is 3.13. The molecule has 3 rings (SSSR count). The van der Waals surface area contributed by atoms with E-state index < -0.39 is 9.05 Å². The van der Waals surface area contributed by atoms with Gasteiger partial charge in [0.05, 0.1) is 6.04 Å². The van der Waals surface area contributed by atoms with Gasteiger partial charge >= 0.3 is 0 Å². The van der Waals surface area contributed by atoms with Crippen molar-refractivity contribution in [3.63, 3.8) is 0 Å². The van der Waals surface area contributed by atoms with E-state index in [0.717, 1.165) is 28.6 Å². The third-order valence-corrected chi connectivity index (χ3v) is 8.06.